The minimum atomic E-state index is -0.742. The summed E-state index contributed by atoms with van der Waals surface area (Å²) in [7, 11) is 0. The van der Waals surface area contributed by atoms with Gasteiger partial charge in [-0.3, -0.25) is 9.59 Å². The SMILES string of the molecule is CC(=O)SCC1CC(=O)N(c2ccc(F)cc2F)C1. The number of carbonyl (C=O) groups is 2. The third-order valence-corrected chi connectivity index (χ3v) is 3.97. The highest BCUT2D eigenvalue weighted by atomic mass is 32.2. The van der Waals surface area contributed by atoms with Gasteiger partial charge in [0.1, 0.15) is 11.6 Å². The van der Waals surface area contributed by atoms with Gasteiger partial charge < -0.3 is 4.90 Å². The van der Waals surface area contributed by atoms with Crippen LogP contribution in [0.25, 0.3) is 0 Å². The molecule has 1 amide bonds. The first-order valence-corrected chi connectivity index (χ1v) is 6.84. The summed E-state index contributed by atoms with van der Waals surface area (Å²) >= 11 is 1.16. The van der Waals surface area contributed by atoms with Crippen molar-refractivity contribution in [3.63, 3.8) is 0 Å². The smallest absolute Gasteiger partial charge is 0.227 e. The Kier molecular flexibility index (Phi) is 4.19. The van der Waals surface area contributed by atoms with E-state index in [2.05, 4.69) is 0 Å². The van der Waals surface area contributed by atoms with Gasteiger partial charge in [-0.1, -0.05) is 11.8 Å². The number of anilines is 1. The fourth-order valence-electron chi connectivity index (χ4n) is 2.06. The van der Waals surface area contributed by atoms with Crippen molar-refractivity contribution in [2.45, 2.75) is 13.3 Å². The normalized spacial score (nSPS) is 19.0. The van der Waals surface area contributed by atoms with Crippen LogP contribution in [-0.4, -0.2) is 23.3 Å². The van der Waals surface area contributed by atoms with Gasteiger partial charge in [-0.2, -0.15) is 0 Å². The molecule has 1 aromatic carbocycles. The number of halogens is 2. The van der Waals surface area contributed by atoms with Crippen LogP contribution in [0.4, 0.5) is 14.5 Å². The molecule has 1 heterocycles. The van der Waals surface area contributed by atoms with E-state index in [9.17, 15) is 18.4 Å². The zero-order valence-electron chi connectivity index (χ0n) is 10.4. The Bertz CT molecular complexity index is 521. The summed E-state index contributed by atoms with van der Waals surface area (Å²) in [6, 6.07) is 3.16. The van der Waals surface area contributed by atoms with E-state index in [-0.39, 0.29) is 29.0 Å². The molecule has 1 saturated heterocycles. The molecule has 102 valence electrons. The molecule has 0 radical (unpaired) electrons. The first kappa shape index (κ1) is 14.0. The van der Waals surface area contributed by atoms with Crippen molar-refractivity contribution in [1.29, 1.82) is 0 Å². The average molecular weight is 285 g/mol. The van der Waals surface area contributed by atoms with Crippen molar-refractivity contribution < 1.29 is 18.4 Å². The van der Waals surface area contributed by atoms with Gasteiger partial charge in [-0.25, -0.2) is 8.78 Å². The van der Waals surface area contributed by atoms with E-state index in [0.29, 0.717) is 12.3 Å². The predicted octanol–water partition coefficient (Wildman–Crippen LogP) is 2.60. The second kappa shape index (κ2) is 5.69. The van der Waals surface area contributed by atoms with Crippen LogP contribution in [0.15, 0.2) is 18.2 Å². The second-order valence-electron chi connectivity index (χ2n) is 4.47. The Morgan fingerprint density at radius 3 is 2.84 bits per heavy atom. The number of carbonyl (C=O) groups excluding carboxylic acids is 2. The maximum Gasteiger partial charge on any atom is 0.227 e. The van der Waals surface area contributed by atoms with E-state index >= 15 is 0 Å². The minimum absolute atomic E-state index is 0.00105. The minimum Gasteiger partial charge on any atom is -0.309 e. The lowest BCUT2D eigenvalue weighted by Crippen LogP contribution is -2.25. The molecule has 3 nitrogen and oxygen atoms in total. The van der Waals surface area contributed by atoms with Crippen LogP contribution in [0.2, 0.25) is 0 Å². The van der Waals surface area contributed by atoms with Crippen molar-refractivity contribution in [3.05, 3.63) is 29.8 Å². The molecule has 1 atom stereocenters. The van der Waals surface area contributed by atoms with E-state index in [4.69, 9.17) is 0 Å². The van der Waals surface area contributed by atoms with Gasteiger partial charge in [-0.05, 0) is 18.1 Å². The predicted molar refractivity (Wildman–Crippen MR) is 70.0 cm³/mol. The Hall–Kier alpha value is -1.43. The highest BCUT2D eigenvalue weighted by molar-refractivity contribution is 8.13. The Labute approximate surface area is 114 Å². The van der Waals surface area contributed by atoms with Crippen LogP contribution in [0.3, 0.4) is 0 Å². The number of benzene rings is 1. The molecule has 19 heavy (non-hydrogen) atoms. The van der Waals surface area contributed by atoms with Gasteiger partial charge in [0.15, 0.2) is 5.12 Å². The maximum absolute atomic E-state index is 13.6. The fourth-order valence-corrected chi connectivity index (χ4v) is 2.76. The van der Waals surface area contributed by atoms with Gasteiger partial charge in [0, 0.05) is 31.7 Å². The summed E-state index contributed by atoms with van der Waals surface area (Å²) in [5.74, 6) is -1.05. The molecule has 1 aromatic rings. The molecule has 0 saturated carbocycles. The molecule has 0 spiro atoms. The molecule has 0 bridgehead atoms. The number of amides is 1. The number of rotatable bonds is 3. The van der Waals surface area contributed by atoms with Crippen molar-refractivity contribution in [2.75, 3.05) is 17.2 Å². The van der Waals surface area contributed by atoms with Crippen LogP contribution < -0.4 is 4.90 Å². The molecule has 1 aliphatic heterocycles. The Morgan fingerprint density at radius 1 is 1.47 bits per heavy atom. The lowest BCUT2D eigenvalue weighted by Gasteiger charge is -2.17. The van der Waals surface area contributed by atoms with Gasteiger partial charge in [-0.15, -0.1) is 0 Å². The molecule has 0 aliphatic carbocycles. The first-order chi connectivity index (χ1) is 8.97. The first-order valence-electron chi connectivity index (χ1n) is 5.86. The molecule has 1 aliphatic rings. The maximum atomic E-state index is 13.6. The van der Waals surface area contributed by atoms with Crippen molar-refractivity contribution in [3.8, 4) is 0 Å². The number of hydrogen-bond acceptors (Lipinski definition) is 3. The summed E-state index contributed by atoms with van der Waals surface area (Å²) in [6.45, 7) is 1.83. The zero-order chi connectivity index (χ0) is 14.0. The van der Waals surface area contributed by atoms with Crippen LogP contribution in [-0.2, 0) is 9.59 Å². The standard InChI is InChI=1S/C13H13F2NO2S/c1-8(17)19-7-9-4-13(18)16(6-9)12-3-2-10(14)5-11(12)15/h2-3,5,9H,4,6-7H2,1H3. The van der Waals surface area contributed by atoms with Crippen LogP contribution in [0.5, 0.6) is 0 Å². The number of thioether (sulfide) groups is 1. The van der Waals surface area contributed by atoms with Crippen molar-refractivity contribution >= 4 is 28.5 Å². The topological polar surface area (TPSA) is 37.4 Å². The highest BCUT2D eigenvalue weighted by Gasteiger charge is 2.32. The second-order valence-corrected chi connectivity index (χ2v) is 5.67. The fraction of sp³-hybridized carbons (Fsp3) is 0.385. The summed E-state index contributed by atoms with van der Waals surface area (Å²) < 4.78 is 26.5. The van der Waals surface area contributed by atoms with Gasteiger partial charge in [0.25, 0.3) is 0 Å². The lowest BCUT2D eigenvalue weighted by atomic mass is 10.1. The van der Waals surface area contributed by atoms with E-state index in [1.165, 1.54) is 17.9 Å². The quantitative estimate of drug-likeness (QED) is 0.856. The third-order valence-electron chi connectivity index (χ3n) is 2.93. The monoisotopic (exact) mass is 285 g/mol. The molecule has 1 unspecified atom stereocenters. The molecule has 0 N–H and O–H groups in total. The van der Waals surface area contributed by atoms with Crippen molar-refractivity contribution in [1.82, 2.24) is 0 Å². The van der Waals surface area contributed by atoms with E-state index in [0.717, 1.165) is 23.9 Å². The Morgan fingerprint density at radius 2 is 2.21 bits per heavy atom. The van der Waals surface area contributed by atoms with Gasteiger partial charge in [0.2, 0.25) is 5.91 Å². The number of nitrogens with zero attached hydrogens (tertiary/aromatic N) is 1. The summed E-state index contributed by atoms with van der Waals surface area (Å²) in [4.78, 5) is 24.0. The number of hydrogen-bond donors (Lipinski definition) is 0. The summed E-state index contributed by atoms with van der Waals surface area (Å²) in [5.41, 5.74) is 0.0988. The molecular formula is C13H13F2NO2S. The van der Waals surface area contributed by atoms with Crippen LogP contribution in [0, 0.1) is 17.6 Å². The Balaban J connectivity index is 2.09. The van der Waals surface area contributed by atoms with Gasteiger partial charge >= 0.3 is 0 Å². The molecule has 6 heteroatoms. The average Bonchev–Trinajstić information content (AvgIpc) is 2.68. The van der Waals surface area contributed by atoms with E-state index in [1.54, 1.807) is 0 Å². The van der Waals surface area contributed by atoms with E-state index in [1.807, 2.05) is 0 Å². The molecule has 0 aromatic heterocycles. The highest BCUT2D eigenvalue weighted by Crippen LogP contribution is 2.29. The summed E-state index contributed by atoms with van der Waals surface area (Å²) in [6.07, 6.45) is 0.289. The van der Waals surface area contributed by atoms with Crippen molar-refractivity contribution in [2.24, 2.45) is 5.92 Å². The third kappa shape index (κ3) is 3.32. The molecular weight excluding hydrogens is 272 g/mol. The lowest BCUT2D eigenvalue weighted by molar-refractivity contribution is -0.117. The van der Waals surface area contributed by atoms with Crippen LogP contribution >= 0.6 is 11.8 Å². The molecule has 1 fully saturated rings. The largest absolute Gasteiger partial charge is 0.309 e. The van der Waals surface area contributed by atoms with Crippen LogP contribution in [0.1, 0.15) is 13.3 Å². The molecule has 2 rings (SSSR count). The van der Waals surface area contributed by atoms with E-state index < -0.39 is 11.6 Å². The van der Waals surface area contributed by atoms with Gasteiger partial charge in [0.05, 0.1) is 5.69 Å². The zero-order valence-corrected chi connectivity index (χ0v) is 11.2. The summed E-state index contributed by atoms with van der Waals surface area (Å²) in [5, 5.41) is -0.00105.